The van der Waals surface area contributed by atoms with Crippen molar-refractivity contribution >= 4 is 45.8 Å². The molecular weight excluding hydrogens is 330 g/mol. The molecule has 2 aromatic rings. The lowest BCUT2D eigenvalue weighted by Crippen LogP contribution is -2.24. The Labute approximate surface area is 124 Å². The van der Waals surface area contributed by atoms with Crippen molar-refractivity contribution in [1.29, 1.82) is 0 Å². The fourth-order valence-electron chi connectivity index (χ4n) is 1.49. The summed E-state index contributed by atoms with van der Waals surface area (Å²) in [7, 11) is 0. The molecule has 1 N–H and O–H groups in total. The second-order valence-corrected chi connectivity index (χ2v) is 6.18. The summed E-state index contributed by atoms with van der Waals surface area (Å²) in [5.41, 5.74) is 0.996. The SMILES string of the molecule is O=C(Cc1ccc(S)cc1)NCc1sccc1Br. The maximum atomic E-state index is 11.8. The summed E-state index contributed by atoms with van der Waals surface area (Å²) >= 11 is 9.28. The Kier molecular flexibility index (Phi) is 4.86. The van der Waals surface area contributed by atoms with Gasteiger partial charge >= 0.3 is 0 Å². The molecule has 0 unspecified atom stereocenters. The minimum absolute atomic E-state index is 0.0298. The molecule has 0 aliphatic rings. The van der Waals surface area contributed by atoms with Crippen molar-refractivity contribution in [3.05, 3.63) is 50.6 Å². The van der Waals surface area contributed by atoms with Gasteiger partial charge in [0.15, 0.2) is 0 Å². The minimum Gasteiger partial charge on any atom is -0.351 e. The summed E-state index contributed by atoms with van der Waals surface area (Å²) in [4.78, 5) is 13.8. The number of hydrogen-bond acceptors (Lipinski definition) is 3. The Bertz CT molecular complexity index is 536. The zero-order valence-corrected chi connectivity index (χ0v) is 12.8. The molecule has 0 saturated heterocycles. The zero-order valence-electron chi connectivity index (χ0n) is 9.52. The van der Waals surface area contributed by atoms with Crippen LogP contribution >= 0.6 is 39.9 Å². The Morgan fingerprint density at radius 2 is 2.00 bits per heavy atom. The van der Waals surface area contributed by atoms with Crippen LogP contribution in [0.25, 0.3) is 0 Å². The smallest absolute Gasteiger partial charge is 0.224 e. The molecule has 0 aliphatic heterocycles. The van der Waals surface area contributed by atoms with Gasteiger partial charge in [0, 0.05) is 14.2 Å². The van der Waals surface area contributed by atoms with Gasteiger partial charge < -0.3 is 5.32 Å². The largest absolute Gasteiger partial charge is 0.351 e. The van der Waals surface area contributed by atoms with Gasteiger partial charge in [0.05, 0.1) is 13.0 Å². The van der Waals surface area contributed by atoms with E-state index >= 15 is 0 Å². The van der Waals surface area contributed by atoms with Gasteiger partial charge in [0.1, 0.15) is 0 Å². The van der Waals surface area contributed by atoms with Crippen LogP contribution in [0.2, 0.25) is 0 Å². The highest BCUT2D eigenvalue weighted by Gasteiger charge is 2.05. The van der Waals surface area contributed by atoms with Crippen LogP contribution < -0.4 is 5.32 Å². The number of thiol groups is 1. The van der Waals surface area contributed by atoms with Crippen LogP contribution in [0.3, 0.4) is 0 Å². The Morgan fingerprint density at radius 3 is 2.61 bits per heavy atom. The summed E-state index contributed by atoms with van der Waals surface area (Å²) in [6, 6.07) is 9.60. The summed E-state index contributed by atoms with van der Waals surface area (Å²) in [6.07, 6.45) is 0.400. The summed E-state index contributed by atoms with van der Waals surface area (Å²) in [5.74, 6) is 0.0298. The van der Waals surface area contributed by atoms with Gasteiger partial charge in [-0.3, -0.25) is 4.79 Å². The molecule has 2 nitrogen and oxygen atoms in total. The lowest BCUT2D eigenvalue weighted by Gasteiger charge is -2.04. The van der Waals surface area contributed by atoms with Gasteiger partial charge in [0.25, 0.3) is 0 Å². The lowest BCUT2D eigenvalue weighted by atomic mass is 10.1. The number of halogens is 1. The molecule has 94 valence electrons. The van der Waals surface area contributed by atoms with Crippen LogP contribution in [0, 0.1) is 0 Å². The number of thiophene rings is 1. The molecule has 0 radical (unpaired) electrons. The number of carbonyl (C=O) groups excluding carboxylic acids is 1. The standard InChI is InChI=1S/C13H12BrNOS2/c14-11-5-6-18-12(11)8-15-13(16)7-9-1-3-10(17)4-2-9/h1-6,17H,7-8H2,(H,15,16). The van der Waals surface area contributed by atoms with Crippen LogP contribution in [0.5, 0.6) is 0 Å². The monoisotopic (exact) mass is 341 g/mol. The minimum atomic E-state index is 0.0298. The molecule has 18 heavy (non-hydrogen) atoms. The van der Waals surface area contributed by atoms with E-state index in [1.807, 2.05) is 35.7 Å². The van der Waals surface area contributed by atoms with Crippen LogP contribution in [-0.4, -0.2) is 5.91 Å². The van der Waals surface area contributed by atoms with Crippen LogP contribution in [0.4, 0.5) is 0 Å². The molecule has 0 saturated carbocycles. The van der Waals surface area contributed by atoms with E-state index in [9.17, 15) is 4.79 Å². The molecular formula is C13H12BrNOS2. The van der Waals surface area contributed by atoms with Gasteiger partial charge in [-0.1, -0.05) is 12.1 Å². The van der Waals surface area contributed by atoms with E-state index in [2.05, 4.69) is 33.9 Å². The van der Waals surface area contributed by atoms with E-state index in [-0.39, 0.29) is 5.91 Å². The van der Waals surface area contributed by atoms with Crippen molar-refractivity contribution < 1.29 is 4.79 Å². The van der Waals surface area contributed by atoms with Gasteiger partial charge in [0.2, 0.25) is 5.91 Å². The number of carbonyl (C=O) groups is 1. The third kappa shape index (κ3) is 3.86. The molecule has 5 heteroatoms. The van der Waals surface area contributed by atoms with Crippen LogP contribution in [-0.2, 0) is 17.8 Å². The second kappa shape index (κ2) is 6.41. The zero-order chi connectivity index (χ0) is 13.0. The fraction of sp³-hybridized carbons (Fsp3) is 0.154. The highest BCUT2D eigenvalue weighted by molar-refractivity contribution is 9.10. The number of rotatable bonds is 4. The van der Waals surface area contributed by atoms with Crippen LogP contribution in [0.1, 0.15) is 10.4 Å². The van der Waals surface area contributed by atoms with Crippen molar-refractivity contribution in [2.75, 3.05) is 0 Å². The van der Waals surface area contributed by atoms with Crippen molar-refractivity contribution in [2.24, 2.45) is 0 Å². The number of hydrogen-bond donors (Lipinski definition) is 2. The lowest BCUT2D eigenvalue weighted by molar-refractivity contribution is -0.120. The van der Waals surface area contributed by atoms with Crippen molar-refractivity contribution in [1.82, 2.24) is 5.32 Å². The molecule has 0 aliphatic carbocycles. The maximum Gasteiger partial charge on any atom is 0.224 e. The molecule has 0 spiro atoms. The van der Waals surface area contributed by atoms with E-state index in [1.165, 1.54) is 0 Å². The van der Waals surface area contributed by atoms with E-state index in [1.54, 1.807) is 11.3 Å². The Hall–Kier alpha value is -0.780. The first-order valence-corrected chi connectivity index (χ1v) is 7.53. The van der Waals surface area contributed by atoms with Gasteiger partial charge in [-0.2, -0.15) is 0 Å². The quantitative estimate of drug-likeness (QED) is 0.816. The molecule has 0 fully saturated rings. The summed E-state index contributed by atoms with van der Waals surface area (Å²) in [6.45, 7) is 0.571. The topological polar surface area (TPSA) is 29.1 Å². The average Bonchev–Trinajstić information content (AvgIpc) is 2.75. The number of benzene rings is 1. The molecule has 0 atom stereocenters. The highest BCUT2D eigenvalue weighted by atomic mass is 79.9. The number of amides is 1. The van der Waals surface area contributed by atoms with Gasteiger partial charge in [-0.05, 0) is 45.1 Å². The average molecular weight is 342 g/mol. The molecule has 1 aromatic carbocycles. The molecule has 0 bridgehead atoms. The molecule has 1 aromatic heterocycles. The van der Waals surface area contributed by atoms with Crippen molar-refractivity contribution in [2.45, 2.75) is 17.9 Å². The first-order chi connectivity index (χ1) is 8.65. The van der Waals surface area contributed by atoms with Crippen molar-refractivity contribution in [3.63, 3.8) is 0 Å². The first-order valence-electron chi connectivity index (χ1n) is 5.41. The van der Waals surface area contributed by atoms with E-state index in [0.717, 1.165) is 19.8 Å². The van der Waals surface area contributed by atoms with Gasteiger partial charge in [-0.25, -0.2) is 0 Å². The molecule has 1 amide bonds. The fourth-order valence-corrected chi connectivity index (χ4v) is 3.07. The summed E-state index contributed by atoms with van der Waals surface area (Å²) < 4.78 is 1.05. The first kappa shape index (κ1) is 13.6. The predicted octanol–water partition coefficient (Wildman–Crippen LogP) is 3.66. The predicted molar refractivity (Wildman–Crippen MR) is 81.3 cm³/mol. The van der Waals surface area contributed by atoms with E-state index < -0.39 is 0 Å². The normalized spacial score (nSPS) is 10.3. The highest BCUT2D eigenvalue weighted by Crippen LogP contribution is 2.22. The maximum absolute atomic E-state index is 11.8. The third-order valence-corrected chi connectivity index (χ3v) is 4.66. The number of nitrogens with one attached hydrogen (secondary N) is 1. The van der Waals surface area contributed by atoms with E-state index in [0.29, 0.717) is 13.0 Å². The van der Waals surface area contributed by atoms with Crippen molar-refractivity contribution in [3.8, 4) is 0 Å². The second-order valence-electron chi connectivity index (χ2n) is 3.81. The molecule has 1 heterocycles. The summed E-state index contributed by atoms with van der Waals surface area (Å²) in [5, 5.41) is 4.91. The third-order valence-electron chi connectivity index (χ3n) is 2.44. The molecule has 2 rings (SSSR count). The van der Waals surface area contributed by atoms with Gasteiger partial charge in [-0.15, -0.1) is 24.0 Å². The van der Waals surface area contributed by atoms with E-state index in [4.69, 9.17) is 0 Å². The van der Waals surface area contributed by atoms with Crippen LogP contribution in [0.15, 0.2) is 45.1 Å². The Morgan fingerprint density at radius 1 is 1.28 bits per heavy atom. The Balaban J connectivity index is 1.86.